The van der Waals surface area contributed by atoms with Crippen molar-refractivity contribution >= 4 is 15.9 Å². The van der Waals surface area contributed by atoms with Crippen molar-refractivity contribution in [2.45, 2.75) is 19.0 Å². The Kier molecular flexibility index (Phi) is 4.72. The molecule has 116 valence electrons. The minimum atomic E-state index is -2.99. The molecule has 1 aromatic carbocycles. The number of rotatable bonds is 4. The Hall–Kier alpha value is -1.76. The molecule has 2 rings (SSSR count). The third kappa shape index (κ3) is 4.10. The normalized spacial score (nSPS) is 20.0. The summed E-state index contributed by atoms with van der Waals surface area (Å²) >= 11 is 0. The monoisotopic (exact) mass is 312 g/mol. The zero-order valence-electron chi connectivity index (χ0n) is 12.2. The number of hydrogen-bond donors (Lipinski definition) is 1. The van der Waals surface area contributed by atoms with Crippen LogP contribution < -0.4 is 10.1 Å². The van der Waals surface area contributed by atoms with E-state index in [0.717, 1.165) is 11.3 Å². The van der Waals surface area contributed by atoms with E-state index in [1.165, 1.54) is 4.90 Å². The number of benzene rings is 1. The molecule has 1 unspecified atom stereocenters. The Morgan fingerprint density at radius 2 is 2.24 bits per heavy atom. The Balaban J connectivity index is 1.89. The number of ether oxygens (including phenoxy) is 1. The molecule has 0 aliphatic carbocycles. The number of sulfone groups is 1. The highest BCUT2D eigenvalue weighted by atomic mass is 32.2. The van der Waals surface area contributed by atoms with Gasteiger partial charge in [0.25, 0.3) is 0 Å². The first-order valence-electron chi connectivity index (χ1n) is 6.75. The van der Waals surface area contributed by atoms with Crippen molar-refractivity contribution in [3.05, 3.63) is 29.8 Å². The SMILES string of the molecule is COc1cccc(CNC(=O)N(C)C2CCS(=O)(=O)C2)c1. The van der Waals surface area contributed by atoms with Crippen LogP contribution in [0.25, 0.3) is 0 Å². The maximum absolute atomic E-state index is 12.1. The topological polar surface area (TPSA) is 75.7 Å². The van der Waals surface area contributed by atoms with Gasteiger partial charge in [-0.15, -0.1) is 0 Å². The second-order valence-corrected chi connectivity index (χ2v) is 7.41. The molecule has 1 atom stereocenters. The van der Waals surface area contributed by atoms with Crippen molar-refractivity contribution in [2.24, 2.45) is 0 Å². The first kappa shape index (κ1) is 15.6. The summed E-state index contributed by atoms with van der Waals surface area (Å²) in [5.74, 6) is 0.943. The molecule has 0 saturated carbocycles. The maximum atomic E-state index is 12.1. The van der Waals surface area contributed by atoms with E-state index in [1.807, 2.05) is 24.3 Å². The molecule has 0 aromatic heterocycles. The van der Waals surface area contributed by atoms with Gasteiger partial charge in [-0.2, -0.15) is 0 Å². The molecule has 6 nitrogen and oxygen atoms in total. The number of amides is 2. The summed E-state index contributed by atoms with van der Waals surface area (Å²) in [7, 11) is 0.232. The molecule has 1 heterocycles. The lowest BCUT2D eigenvalue weighted by molar-refractivity contribution is 0.194. The van der Waals surface area contributed by atoms with Crippen LogP contribution in [0, 0.1) is 0 Å². The molecule has 1 aliphatic rings. The Labute approximate surface area is 125 Å². The van der Waals surface area contributed by atoms with Crippen molar-refractivity contribution in [1.82, 2.24) is 10.2 Å². The summed E-state index contributed by atoms with van der Waals surface area (Å²) in [5, 5.41) is 2.79. The van der Waals surface area contributed by atoms with Gasteiger partial charge in [0.05, 0.1) is 18.6 Å². The number of nitrogens with one attached hydrogen (secondary N) is 1. The van der Waals surface area contributed by atoms with Gasteiger partial charge in [-0.3, -0.25) is 0 Å². The van der Waals surface area contributed by atoms with E-state index in [1.54, 1.807) is 14.2 Å². The minimum absolute atomic E-state index is 0.0517. The molecule has 1 saturated heterocycles. The predicted molar refractivity (Wildman–Crippen MR) is 80.1 cm³/mol. The van der Waals surface area contributed by atoms with Crippen LogP contribution in [-0.2, 0) is 16.4 Å². The minimum Gasteiger partial charge on any atom is -0.497 e. The fourth-order valence-corrected chi connectivity index (χ4v) is 4.11. The van der Waals surface area contributed by atoms with Gasteiger partial charge in [-0.25, -0.2) is 13.2 Å². The Morgan fingerprint density at radius 1 is 1.48 bits per heavy atom. The predicted octanol–water partition coefficient (Wildman–Crippen LogP) is 1.02. The molecule has 2 amide bonds. The highest BCUT2D eigenvalue weighted by Crippen LogP contribution is 2.17. The highest BCUT2D eigenvalue weighted by Gasteiger charge is 2.32. The quantitative estimate of drug-likeness (QED) is 0.901. The number of carbonyl (C=O) groups is 1. The van der Waals surface area contributed by atoms with E-state index in [2.05, 4.69) is 5.32 Å². The van der Waals surface area contributed by atoms with Crippen molar-refractivity contribution in [2.75, 3.05) is 25.7 Å². The van der Waals surface area contributed by atoms with Gasteiger partial charge in [-0.05, 0) is 24.1 Å². The van der Waals surface area contributed by atoms with Crippen molar-refractivity contribution in [3.8, 4) is 5.75 Å². The fraction of sp³-hybridized carbons (Fsp3) is 0.500. The summed E-state index contributed by atoms with van der Waals surface area (Å²) in [4.78, 5) is 13.5. The second kappa shape index (κ2) is 6.34. The van der Waals surface area contributed by atoms with Crippen LogP contribution in [0.5, 0.6) is 5.75 Å². The van der Waals surface area contributed by atoms with Gasteiger partial charge < -0.3 is 15.0 Å². The summed E-state index contributed by atoms with van der Waals surface area (Å²) in [6, 6.07) is 6.93. The molecule has 21 heavy (non-hydrogen) atoms. The first-order valence-corrected chi connectivity index (χ1v) is 8.57. The summed E-state index contributed by atoms with van der Waals surface area (Å²) in [5.41, 5.74) is 0.926. The van der Waals surface area contributed by atoms with Crippen LogP contribution in [0.15, 0.2) is 24.3 Å². The number of urea groups is 1. The van der Waals surface area contributed by atoms with Crippen LogP contribution in [0.2, 0.25) is 0 Å². The third-order valence-electron chi connectivity index (χ3n) is 3.65. The average Bonchev–Trinajstić information content (AvgIpc) is 2.84. The summed E-state index contributed by atoms with van der Waals surface area (Å²) in [6.45, 7) is 0.375. The molecule has 1 N–H and O–H groups in total. The molecule has 0 radical (unpaired) electrons. The van der Waals surface area contributed by atoms with Crippen molar-refractivity contribution < 1.29 is 17.9 Å². The second-order valence-electron chi connectivity index (χ2n) is 5.18. The lowest BCUT2D eigenvalue weighted by Crippen LogP contribution is -2.43. The van der Waals surface area contributed by atoms with E-state index in [-0.39, 0.29) is 23.6 Å². The van der Waals surface area contributed by atoms with Gasteiger partial charge in [0, 0.05) is 19.6 Å². The largest absolute Gasteiger partial charge is 0.497 e. The Bertz CT molecular complexity index is 615. The number of carbonyl (C=O) groups excluding carboxylic acids is 1. The van der Waals surface area contributed by atoms with Gasteiger partial charge >= 0.3 is 6.03 Å². The number of hydrogen-bond acceptors (Lipinski definition) is 4. The number of methoxy groups -OCH3 is 1. The standard InChI is InChI=1S/C14H20N2O4S/c1-16(12-6-7-21(18,19)10-12)14(17)15-9-11-4-3-5-13(8-11)20-2/h3-5,8,12H,6-7,9-10H2,1-2H3,(H,15,17). The molecular weight excluding hydrogens is 292 g/mol. The summed E-state index contributed by atoms with van der Waals surface area (Å²) in [6.07, 6.45) is 0.505. The maximum Gasteiger partial charge on any atom is 0.317 e. The van der Waals surface area contributed by atoms with E-state index >= 15 is 0 Å². The van der Waals surface area contributed by atoms with Gasteiger partial charge in [0.2, 0.25) is 0 Å². The van der Waals surface area contributed by atoms with Crippen LogP contribution in [0.3, 0.4) is 0 Å². The summed E-state index contributed by atoms with van der Waals surface area (Å²) < 4.78 is 28.0. The van der Waals surface area contributed by atoms with Gasteiger partial charge in [0.15, 0.2) is 9.84 Å². The molecule has 0 spiro atoms. The molecular formula is C14H20N2O4S. The molecule has 1 fully saturated rings. The third-order valence-corrected chi connectivity index (χ3v) is 5.40. The Morgan fingerprint density at radius 3 is 2.86 bits per heavy atom. The molecule has 1 aromatic rings. The van der Waals surface area contributed by atoms with E-state index in [4.69, 9.17) is 4.74 Å². The van der Waals surface area contributed by atoms with Crippen LogP contribution >= 0.6 is 0 Å². The van der Waals surface area contributed by atoms with Crippen LogP contribution in [0.1, 0.15) is 12.0 Å². The van der Waals surface area contributed by atoms with Crippen molar-refractivity contribution in [1.29, 1.82) is 0 Å². The molecule has 7 heteroatoms. The molecule has 0 bridgehead atoms. The fourth-order valence-electron chi connectivity index (χ4n) is 2.33. The lowest BCUT2D eigenvalue weighted by atomic mass is 10.2. The van der Waals surface area contributed by atoms with Gasteiger partial charge in [0.1, 0.15) is 5.75 Å². The van der Waals surface area contributed by atoms with Crippen LogP contribution in [-0.4, -0.2) is 51.1 Å². The van der Waals surface area contributed by atoms with Gasteiger partial charge in [-0.1, -0.05) is 12.1 Å². The highest BCUT2D eigenvalue weighted by molar-refractivity contribution is 7.91. The zero-order valence-corrected chi connectivity index (χ0v) is 13.0. The lowest BCUT2D eigenvalue weighted by Gasteiger charge is -2.23. The van der Waals surface area contributed by atoms with E-state index < -0.39 is 9.84 Å². The zero-order chi connectivity index (χ0) is 15.5. The number of nitrogens with zero attached hydrogens (tertiary/aromatic N) is 1. The van der Waals surface area contributed by atoms with E-state index in [9.17, 15) is 13.2 Å². The van der Waals surface area contributed by atoms with E-state index in [0.29, 0.717) is 13.0 Å². The smallest absolute Gasteiger partial charge is 0.317 e. The van der Waals surface area contributed by atoms with Crippen molar-refractivity contribution in [3.63, 3.8) is 0 Å². The van der Waals surface area contributed by atoms with Crippen LogP contribution in [0.4, 0.5) is 4.79 Å². The first-order chi connectivity index (χ1) is 9.91. The average molecular weight is 312 g/mol. The molecule has 1 aliphatic heterocycles.